The van der Waals surface area contributed by atoms with Gasteiger partial charge < -0.3 is 5.32 Å². The molecule has 5 heteroatoms. The van der Waals surface area contributed by atoms with E-state index >= 15 is 0 Å². The van der Waals surface area contributed by atoms with Crippen LogP contribution in [-0.4, -0.2) is 17.1 Å². The molecular formula is C10H17N3OS. The van der Waals surface area contributed by atoms with Gasteiger partial charge in [0.1, 0.15) is 0 Å². The molecule has 2 rings (SSSR count). The Kier molecular flexibility index (Phi) is 3.09. The molecule has 2 aliphatic carbocycles. The van der Waals surface area contributed by atoms with Crippen molar-refractivity contribution in [2.24, 2.45) is 11.8 Å². The van der Waals surface area contributed by atoms with Crippen LogP contribution in [0.5, 0.6) is 0 Å². The van der Waals surface area contributed by atoms with Crippen LogP contribution in [-0.2, 0) is 4.79 Å². The highest BCUT2D eigenvalue weighted by Gasteiger charge is 2.39. The second-order valence-corrected chi connectivity index (χ2v) is 4.97. The van der Waals surface area contributed by atoms with Crippen LogP contribution in [0.3, 0.4) is 0 Å². The number of hydrogen-bond acceptors (Lipinski definition) is 2. The topological polar surface area (TPSA) is 53.2 Å². The average molecular weight is 227 g/mol. The highest BCUT2D eigenvalue weighted by molar-refractivity contribution is 7.80. The fourth-order valence-corrected chi connectivity index (χ4v) is 2.97. The summed E-state index contributed by atoms with van der Waals surface area (Å²) in [5.74, 6) is 1.55. The van der Waals surface area contributed by atoms with Gasteiger partial charge in [0, 0.05) is 13.0 Å². The summed E-state index contributed by atoms with van der Waals surface area (Å²) < 4.78 is 0. The van der Waals surface area contributed by atoms with Crippen LogP contribution in [0.1, 0.15) is 32.6 Å². The Morgan fingerprint density at radius 3 is 2.60 bits per heavy atom. The second kappa shape index (κ2) is 4.35. The molecule has 0 spiro atoms. The van der Waals surface area contributed by atoms with E-state index in [9.17, 15) is 4.79 Å². The van der Waals surface area contributed by atoms with Gasteiger partial charge in [0.05, 0.1) is 0 Å². The van der Waals surface area contributed by atoms with Crippen LogP contribution in [0.4, 0.5) is 0 Å². The van der Waals surface area contributed by atoms with E-state index < -0.39 is 0 Å². The number of amides is 1. The zero-order valence-corrected chi connectivity index (χ0v) is 9.69. The van der Waals surface area contributed by atoms with Crippen molar-refractivity contribution in [2.45, 2.75) is 38.6 Å². The first-order valence-electron chi connectivity index (χ1n) is 5.48. The number of nitrogens with one attached hydrogen (secondary N) is 3. The van der Waals surface area contributed by atoms with Crippen LogP contribution >= 0.6 is 12.2 Å². The maximum atomic E-state index is 10.7. The molecule has 2 aliphatic rings. The predicted molar refractivity (Wildman–Crippen MR) is 61.9 cm³/mol. The maximum Gasteiger partial charge on any atom is 0.235 e. The SMILES string of the molecule is CC(=O)NNC(=S)N[C@H]1C[C@@H]2CC[C@H]1C2. The number of hydrazine groups is 1. The van der Waals surface area contributed by atoms with Crippen molar-refractivity contribution in [2.75, 3.05) is 0 Å². The first-order valence-corrected chi connectivity index (χ1v) is 5.89. The molecule has 0 aromatic heterocycles. The number of carbonyl (C=O) groups excluding carboxylic acids is 1. The van der Waals surface area contributed by atoms with Crippen molar-refractivity contribution >= 4 is 23.2 Å². The Morgan fingerprint density at radius 1 is 1.27 bits per heavy atom. The molecule has 3 atom stereocenters. The Balaban J connectivity index is 1.73. The average Bonchev–Trinajstić information content (AvgIpc) is 2.76. The summed E-state index contributed by atoms with van der Waals surface area (Å²) in [5.41, 5.74) is 5.16. The number of fused-ring (bicyclic) bond motifs is 2. The zero-order chi connectivity index (χ0) is 10.8. The first-order chi connectivity index (χ1) is 7.15. The summed E-state index contributed by atoms with van der Waals surface area (Å²) in [4.78, 5) is 10.7. The van der Waals surface area contributed by atoms with Gasteiger partial charge in [-0.05, 0) is 43.3 Å². The highest BCUT2D eigenvalue weighted by Crippen LogP contribution is 2.44. The number of carbonyl (C=O) groups is 1. The fourth-order valence-electron chi connectivity index (χ4n) is 2.77. The van der Waals surface area contributed by atoms with Gasteiger partial charge in [-0.25, -0.2) is 0 Å². The smallest absolute Gasteiger partial charge is 0.235 e. The summed E-state index contributed by atoms with van der Waals surface area (Å²) in [6.45, 7) is 1.45. The monoisotopic (exact) mass is 227 g/mol. The quantitative estimate of drug-likeness (QED) is 0.456. The largest absolute Gasteiger partial charge is 0.358 e. The lowest BCUT2D eigenvalue weighted by atomic mass is 9.96. The lowest BCUT2D eigenvalue weighted by Gasteiger charge is -2.24. The van der Waals surface area contributed by atoms with E-state index in [2.05, 4.69) is 16.2 Å². The van der Waals surface area contributed by atoms with Crippen molar-refractivity contribution in [3.63, 3.8) is 0 Å². The Bertz CT molecular complexity index is 282. The number of rotatable bonds is 1. The molecule has 0 aromatic carbocycles. The van der Waals surface area contributed by atoms with Gasteiger partial charge in [-0.3, -0.25) is 15.6 Å². The number of hydrogen-bond donors (Lipinski definition) is 3. The van der Waals surface area contributed by atoms with Crippen LogP contribution in [0.15, 0.2) is 0 Å². The minimum Gasteiger partial charge on any atom is -0.358 e. The molecule has 3 N–H and O–H groups in total. The van der Waals surface area contributed by atoms with E-state index in [0.29, 0.717) is 11.2 Å². The minimum atomic E-state index is -0.132. The van der Waals surface area contributed by atoms with Crippen LogP contribution in [0.25, 0.3) is 0 Å². The molecule has 0 saturated heterocycles. The van der Waals surface area contributed by atoms with Crippen LogP contribution < -0.4 is 16.2 Å². The van der Waals surface area contributed by atoms with Gasteiger partial charge in [-0.15, -0.1) is 0 Å². The lowest BCUT2D eigenvalue weighted by molar-refractivity contribution is -0.119. The van der Waals surface area contributed by atoms with E-state index in [1.165, 1.54) is 32.6 Å². The van der Waals surface area contributed by atoms with Crippen molar-refractivity contribution in [3.05, 3.63) is 0 Å². The minimum absolute atomic E-state index is 0.132. The molecule has 4 nitrogen and oxygen atoms in total. The molecule has 15 heavy (non-hydrogen) atoms. The lowest BCUT2D eigenvalue weighted by Crippen LogP contribution is -2.50. The zero-order valence-electron chi connectivity index (χ0n) is 8.88. The summed E-state index contributed by atoms with van der Waals surface area (Å²) in [6.07, 6.45) is 5.28. The standard InChI is InChI=1S/C10H17N3OS/c1-6(14)12-13-10(15)11-9-5-7-2-3-8(9)4-7/h7-9H,2-5H2,1H3,(H,12,14)(H2,11,13,15)/t7-,8+,9+/m1/s1. The third-order valence-electron chi connectivity index (χ3n) is 3.41. The van der Waals surface area contributed by atoms with E-state index in [4.69, 9.17) is 12.2 Å². The highest BCUT2D eigenvalue weighted by atomic mass is 32.1. The van der Waals surface area contributed by atoms with E-state index in [1.54, 1.807) is 0 Å². The third-order valence-corrected chi connectivity index (χ3v) is 3.63. The van der Waals surface area contributed by atoms with Gasteiger partial charge >= 0.3 is 0 Å². The van der Waals surface area contributed by atoms with E-state index in [0.717, 1.165) is 11.8 Å². The predicted octanol–water partition coefficient (Wildman–Crippen LogP) is 0.690. The molecule has 0 aliphatic heterocycles. The summed E-state index contributed by atoms with van der Waals surface area (Å²) in [5, 5.41) is 3.80. The fraction of sp³-hybridized carbons (Fsp3) is 0.800. The van der Waals surface area contributed by atoms with Crippen molar-refractivity contribution in [1.82, 2.24) is 16.2 Å². The van der Waals surface area contributed by atoms with E-state index in [-0.39, 0.29) is 5.91 Å². The van der Waals surface area contributed by atoms with Crippen molar-refractivity contribution in [1.29, 1.82) is 0 Å². The van der Waals surface area contributed by atoms with Crippen molar-refractivity contribution in [3.8, 4) is 0 Å². The molecule has 0 aromatic rings. The molecule has 0 radical (unpaired) electrons. The van der Waals surface area contributed by atoms with Gasteiger partial charge in [0.2, 0.25) is 5.91 Å². The number of thiocarbonyl (C=S) groups is 1. The van der Waals surface area contributed by atoms with E-state index in [1.807, 2.05) is 0 Å². The molecule has 0 unspecified atom stereocenters. The van der Waals surface area contributed by atoms with Crippen molar-refractivity contribution < 1.29 is 4.79 Å². The molecule has 2 bridgehead atoms. The third kappa shape index (κ3) is 2.59. The van der Waals surface area contributed by atoms with Gasteiger partial charge in [0.15, 0.2) is 5.11 Å². The molecule has 2 saturated carbocycles. The molecular weight excluding hydrogens is 210 g/mol. The van der Waals surface area contributed by atoms with Gasteiger partial charge in [0.25, 0.3) is 0 Å². The summed E-state index contributed by atoms with van der Waals surface area (Å²) >= 11 is 5.09. The molecule has 1 amide bonds. The first kappa shape index (κ1) is 10.7. The van der Waals surface area contributed by atoms with Gasteiger partial charge in [-0.1, -0.05) is 6.42 Å². The normalized spacial score (nSPS) is 32.5. The Hall–Kier alpha value is -0.840. The second-order valence-electron chi connectivity index (χ2n) is 4.56. The maximum absolute atomic E-state index is 10.7. The summed E-state index contributed by atoms with van der Waals surface area (Å²) in [6, 6.07) is 0.512. The summed E-state index contributed by atoms with van der Waals surface area (Å²) in [7, 11) is 0. The Morgan fingerprint density at radius 2 is 2.07 bits per heavy atom. The van der Waals surface area contributed by atoms with Crippen LogP contribution in [0.2, 0.25) is 0 Å². The van der Waals surface area contributed by atoms with Crippen LogP contribution in [0, 0.1) is 11.8 Å². The van der Waals surface area contributed by atoms with Gasteiger partial charge in [-0.2, -0.15) is 0 Å². The Labute approximate surface area is 95.2 Å². The molecule has 0 heterocycles. The molecule has 2 fully saturated rings. The molecule has 84 valence electrons.